The lowest BCUT2D eigenvalue weighted by Gasteiger charge is -2.07. The number of carbonyl (C=O) groups excluding carboxylic acids is 1. The summed E-state index contributed by atoms with van der Waals surface area (Å²) in [5, 5.41) is 11.2. The average molecular weight is 320 g/mol. The Bertz CT molecular complexity index is 840. The Morgan fingerprint density at radius 1 is 1.04 bits per heavy atom. The van der Waals surface area contributed by atoms with Crippen LogP contribution in [0, 0.1) is 0 Å². The molecule has 0 aliphatic heterocycles. The van der Waals surface area contributed by atoms with E-state index in [0.29, 0.717) is 12.1 Å². The molecular formula is C19H20N4O. The topological polar surface area (TPSA) is 59.8 Å². The van der Waals surface area contributed by atoms with Gasteiger partial charge in [-0.1, -0.05) is 49.4 Å². The molecule has 0 atom stereocenters. The zero-order chi connectivity index (χ0) is 16.9. The molecule has 0 fully saturated rings. The highest BCUT2D eigenvalue weighted by Gasteiger charge is 2.19. The van der Waals surface area contributed by atoms with Crippen LogP contribution < -0.4 is 5.32 Å². The van der Waals surface area contributed by atoms with E-state index >= 15 is 0 Å². The third kappa shape index (κ3) is 3.20. The van der Waals surface area contributed by atoms with Gasteiger partial charge in [0.2, 0.25) is 0 Å². The molecule has 122 valence electrons. The first-order valence-electron chi connectivity index (χ1n) is 8.13. The third-order valence-electron chi connectivity index (χ3n) is 3.91. The standard InChI is InChI=1S/C19H20N4O/c1-3-14-9-8-10-15(13-14)20-19(24)18-17(4-2)23(22-21-18)16-11-6-5-7-12-16/h5-13H,3-4H2,1-2H3,(H,20,24). The van der Waals surface area contributed by atoms with E-state index in [1.165, 1.54) is 5.56 Å². The van der Waals surface area contributed by atoms with Crippen molar-refractivity contribution in [3.05, 3.63) is 71.5 Å². The number of benzene rings is 2. The Labute approximate surface area is 141 Å². The highest BCUT2D eigenvalue weighted by atomic mass is 16.2. The molecule has 5 heteroatoms. The molecule has 5 nitrogen and oxygen atoms in total. The lowest BCUT2D eigenvalue weighted by Crippen LogP contribution is -2.15. The second kappa shape index (κ2) is 7.08. The molecule has 2 aromatic carbocycles. The second-order valence-corrected chi connectivity index (χ2v) is 5.49. The lowest BCUT2D eigenvalue weighted by molar-refractivity contribution is 0.102. The van der Waals surface area contributed by atoms with Crippen LogP contribution in [0.2, 0.25) is 0 Å². The van der Waals surface area contributed by atoms with E-state index in [9.17, 15) is 4.79 Å². The van der Waals surface area contributed by atoms with Crippen LogP contribution in [-0.2, 0) is 12.8 Å². The van der Waals surface area contributed by atoms with Crippen LogP contribution in [0.4, 0.5) is 5.69 Å². The molecule has 0 aliphatic carbocycles. The summed E-state index contributed by atoms with van der Waals surface area (Å²) in [6, 6.07) is 17.5. The second-order valence-electron chi connectivity index (χ2n) is 5.49. The number of nitrogens with one attached hydrogen (secondary N) is 1. The number of hydrogen-bond donors (Lipinski definition) is 1. The molecule has 1 N–H and O–H groups in total. The SMILES string of the molecule is CCc1cccc(NC(=O)c2nnn(-c3ccccc3)c2CC)c1. The maximum absolute atomic E-state index is 12.6. The molecule has 0 saturated heterocycles. The smallest absolute Gasteiger partial charge is 0.278 e. The zero-order valence-electron chi connectivity index (χ0n) is 13.9. The van der Waals surface area contributed by atoms with Crippen molar-refractivity contribution in [2.45, 2.75) is 26.7 Å². The number of aryl methyl sites for hydroxylation is 1. The maximum atomic E-state index is 12.6. The Kier molecular flexibility index (Phi) is 4.70. The van der Waals surface area contributed by atoms with Gasteiger partial charge in [-0.15, -0.1) is 5.10 Å². The fraction of sp³-hybridized carbons (Fsp3) is 0.211. The maximum Gasteiger partial charge on any atom is 0.278 e. The molecule has 0 bridgehead atoms. The van der Waals surface area contributed by atoms with E-state index in [4.69, 9.17) is 0 Å². The summed E-state index contributed by atoms with van der Waals surface area (Å²) in [7, 11) is 0. The van der Waals surface area contributed by atoms with E-state index in [1.54, 1.807) is 4.68 Å². The molecular weight excluding hydrogens is 300 g/mol. The van der Waals surface area contributed by atoms with Gasteiger partial charge in [-0.05, 0) is 42.7 Å². The normalized spacial score (nSPS) is 10.6. The highest BCUT2D eigenvalue weighted by Crippen LogP contribution is 2.16. The largest absolute Gasteiger partial charge is 0.321 e. The summed E-state index contributed by atoms with van der Waals surface area (Å²) in [5.41, 5.74) is 4.01. The number of aromatic nitrogens is 3. The quantitative estimate of drug-likeness (QED) is 0.780. The number of para-hydroxylation sites is 1. The minimum atomic E-state index is -0.234. The molecule has 0 saturated carbocycles. The van der Waals surface area contributed by atoms with Gasteiger partial charge in [-0.2, -0.15) is 0 Å². The van der Waals surface area contributed by atoms with Gasteiger partial charge in [0, 0.05) is 5.69 Å². The Morgan fingerprint density at radius 2 is 1.83 bits per heavy atom. The van der Waals surface area contributed by atoms with Crippen molar-refractivity contribution in [2.24, 2.45) is 0 Å². The molecule has 3 rings (SSSR count). The first-order valence-corrected chi connectivity index (χ1v) is 8.13. The predicted molar refractivity (Wildman–Crippen MR) is 94.5 cm³/mol. The van der Waals surface area contributed by atoms with E-state index in [-0.39, 0.29) is 5.91 Å². The van der Waals surface area contributed by atoms with Crippen LogP contribution in [0.1, 0.15) is 35.6 Å². The van der Waals surface area contributed by atoms with E-state index in [2.05, 4.69) is 22.6 Å². The fourth-order valence-corrected chi connectivity index (χ4v) is 2.63. The minimum absolute atomic E-state index is 0.234. The summed E-state index contributed by atoms with van der Waals surface area (Å²) in [6.45, 7) is 4.08. The Hall–Kier alpha value is -2.95. The van der Waals surface area contributed by atoms with Crippen LogP contribution in [0.3, 0.4) is 0 Å². The first kappa shape index (κ1) is 15.9. The lowest BCUT2D eigenvalue weighted by atomic mass is 10.1. The van der Waals surface area contributed by atoms with Crippen molar-refractivity contribution >= 4 is 11.6 Å². The van der Waals surface area contributed by atoms with Crippen molar-refractivity contribution in [3.63, 3.8) is 0 Å². The number of carbonyl (C=O) groups is 1. The van der Waals surface area contributed by atoms with Gasteiger partial charge >= 0.3 is 0 Å². The van der Waals surface area contributed by atoms with Gasteiger partial charge in [-0.3, -0.25) is 4.79 Å². The molecule has 0 radical (unpaired) electrons. The van der Waals surface area contributed by atoms with Crippen molar-refractivity contribution in [1.82, 2.24) is 15.0 Å². The fourth-order valence-electron chi connectivity index (χ4n) is 2.63. The summed E-state index contributed by atoms with van der Waals surface area (Å²) in [5.74, 6) is -0.234. The summed E-state index contributed by atoms with van der Waals surface area (Å²) in [6.07, 6.45) is 1.59. The summed E-state index contributed by atoms with van der Waals surface area (Å²) >= 11 is 0. The monoisotopic (exact) mass is 320 g/mol. The average Bonchev–Trinajstić information content (AvgIpc) is 3.06. The molecule has 0 spiro atoms. The molecule has 24 heavy (non-hydrogen) atoms. The molecule has 1 heterocycles. The van der Waals surface area contributed by atoms with Crippen LogP contribution in [-0.4, -0.2) is 20.9 Å². The van der Waals surface area contributed by atoms with Gasteiger partial charge < -0.3 is 5.32 Å². The van der Waals surface area contributed by atoms with Crippen LogP contribution in [0.15, 0.2) is 54.6 Å². The van der Waals surface area contributed by atoms with Crippen molar-refractivity contribution in [1.29, 1.82) is 0 Å². The Balaban J connectivity index is 1.89. The number of hydrogen-bond acceptors (Lipinski definition) is 3. The van der Waals surface area contributed by atoms with Crippen LogP contribution in [0.5, 0.6) is 0 Å². The van der Waals surface area contributed by atoms with E-state index in [1.807, 2.05) is 61.5 Å². The summed E-state index contributed by atoms with van der Waals surface area (Å²) in [4.78, 5) is 12.6. The first-order chi connectivity index (χ1) is 11.7. The molecule has 3 aromatic rings. The van der Waals surface area contributed by atoms with Crippen molar-refractivity contribution in [2.75, 3.05) is 5.32 Å². The number of nitrogens with zero attached hydrogens (tertiary/aromatic N) is 3. The minimum Gasteiger partial charge on any atom is -0.321 e. The van der Waals surface area contributed by atoms with Crippen LogP contribution in [0.25, 0.3) is 5.69 Å². The van der Waals surface area contributed by atoms with E-state index in [0.717, 1.165) is 23.5 Å². The highest BCUT2D eigenvalue weighted by molar-refractivity contribution is 6.03. The summed E-state index contributed by atoms with van der Waals surface area (Å²) < 4.78 is 1.72. The van der Waals surface area contributed by atoms with Crippen LogP contribution >= 0.6 is 0 Å². The van der Waals surface area contributed by atoms with Gasteiger partial charge in [0.05, 0.1) is 11.4 Å². The molecule has 0 unspecified atom stereocenters. The van der Waals surface area contributed by atoms with Gasteiger partial charge in [0.1, 0.15) is 0 Å². The van der Waals surface area contributed by atoms with E-state index < -0.39 is 0 Å². The Morgan fingerprint density at radius 3 is 2.54 bits per heavy atom. The van der Waals surface area contributed by atoms with Gasteiger partial charge in [-0.25, -0.2) is 4.68 Å². The van der Waals surface area contributed by atoms with Gasteiger partial charge in [0.15, 0.2) is 5.69 Å². The van der Waals surface area contributed by atoms with Crippen molar-refractivity contribution in [3.8, 4) is 5.69 Å². The third-order valence-corrected chi connectivity index (χ3v) is 3.91. The number of rotatable bonds is 5. The molecule has 1 amide bonds. The molecule has 0 aliphatic rings. The van der Waals surface area contributed by atoms with Gasteiger partial charge in [0.25, 0.3) is 5.91 Å². The number of amides is 1. The predicted octanol–water partition coefficient (Wildman–Crippen LogP) is 3.64. The number of anilines is 1. The van der Waals surface area contributed by atoms with Crippen molar-refractivity contribution < 1.29 is 4.79 Å². The zero-order valence-corrected chi connectivity index (χ0v) is 13.9. The molecule has 1 aromatic heterocycles.